The van der Waals surface area contributed by atoms with Crippen LogP contribution < -0.4 is 10.6 Å². The van der Waals surface area contributed by atoms with Crippen molar-refractivity contribution in [3.63, 3.8) is 0 Å². The molecule has 194 valence electrons. The molecule has 12 heteroatoms. The molecule has 0 bridgehead atoms. The number of alkyl halides is 3. The van der Waals surface area contributed by atoms with Crippen LogP contribution in [0, 0.1) is 5.92 Å². The highest BCUT2D eigenvalue weighted by Gasteiger charge is 2.37. The maximum absolute atomic E-state index is 12.6. The SMILES string of the molecule is C=C1/C=C(OC(F)(F)F)\C=C/CO/N=C\1NCC(=O)NC1CN(C2CCC(C(=O)OCC)CC2)C1. The van der Waals surface area contributed by atoms with E-state index < -0.39 is 12.1 Å². The van der Waals surface area contributed by atoms with Gasteiger partial charge in [0.15, 0.2) is 5.84 Å². The van der Waals surface area contributed by atoms with E-state index in [1.807, 2.05) is 6.92 Å². The third-order valence-electron chi connectivity index (χ3n) is 5.99. The number of allylic oxidation sites excluding steroid dienone is 1. The van der Waals surface area contributed by atoms with E-state index in [1.54, 1.807) is 0 Å². The first-order valence-electron chi connectivity index (χ1n) is 11.6. The molecule has 0 atom stereocenters. The predicted octanol–water partition coefficient (Wildman–Crippen LogP) is 2.37. The lowest BCUT2D eigenvalue weighted by molar-refractivity contribution is -0.303. The zero-order valence-electron chi connectivity index (χ0n) is 19.6. The normalized spacial score (nSPS) is 27.8. The summed E-state index contributed by atoms with van der Waals surface area (Å²) in [7, 11) is 0. The van der Waals surface area contributed by atoms with Gasteiger partial charge in [0.1, 0.15) is 12.4 Å². The molecule has 2 heterocycles. The third kappa shape index (κ3) is 8.30. The Morgan fingerprint density at radius 2 is 1.97 bits per heavy atom. The molecule has 2 N–H and O–H groups in total. The van der Waals surface area contributed by atoms with Gasteiger partial charge >= 0.3 is 12.3 Å². The molecule has 0 aromatic heterocycles. The van der Waals surface area contributed by atoms with Gasteiger partial charge in [-0.1, -0.05) is 11.7 Å². The highest BCUT2D eigenvalue weighted by molar-refractivity contribution is 6.01. The van der Waals surface area contributed by atoms with Crippen molar-refractivity contribution >= 4 is 17.7 Å². The number of esters is 1. The van der Waals surface area contributed by atoms with E-state index >= 15 is 0 Å². The number of likely N-dealkylation sites (tertiary alicyclic amines) is 1. The topological polar surface area (TPSA) is 101 Å². The molecule has 35 heavy (non-hydrogen) atoms. The summed E-state index contributed by atoms with van der Waals surface area (Å²) in [6, 6.07) is 0.402. The van der Waals surface area contributed by atoms with E-state index in [4.69, 9.17) is 9.57 Å². The summed E-state index contributed by atoms with van der Waals surface area (Å²) < 4.78 is 46.7. The molecule has 0 spiro atoms. The number of carbonyl (C=O) groups excluding carboxylic acids is 2. The van der Waals surface area contributed by atoms with Crippen LogP contribution in [0.25, 0.3) is 0 Å². The van der Waals surface area contributed by atoms with Crippen LogP contribution in [0.3, 0.4) is 0 Å². The average molecular weight is 501 g/mol. The molecular weight excluding hydrogens is 469 g/mol. The Morgan fingerprint density at radius 3 is 2.63 bits per heavy atom. The minimum atomic E-state index is -4.85. The van der Waals surface area contributed by atoms with Crippen LogP contribution in [0.5, 0.6) is 0 Å². The molecule has 1 amide bonds. The van der Waals surface area contributed by atoms with Crippen LogP contribution in [0.1, 0.15) is 32.6 Å². The van der Waals surface area contributed by atoms with Crippen LogP contribution in [-0.4, -0.2) is 73.9 Å². The molecule has 0 aromatic carbocycles. The zero-order valence-corrected chi connectivity index (χ0v) is 19.6. The van der Waals surface area contributed by atoms with Gasteiger partial charge in [-0.3, -0.25) is 14.5 Å². The van der Waals surface area contributed by atoms with Crippen LogP contribution in [-0.2, 0) is 23.9 Å². The van der Waals surface area contributed by atoms with Gasteiger partial charge in [0.05, 0.1) is 25.1 Å². The number of hydrogen-bond acceptors (Lipinski definition) is 8. The van der Waals surface area contributed by atoms with Crippen LogP contribution in [0.2, 0.25) is 0 Å². The molecule has 2 aliphatic heterocycles. The van der Waals surface area contributed by atoms with Crippen LogP contribution in [0.4, 0.5) is 13.2 Å². The molecule has 1 aliphatic carbocycles. The van der Waals surface area contributed by atoms with Gasteiger partial charge in [0.2, 0.25) is 5.91 Å². The van der Waals surface area contributed by atoms with Gasteiger partial charge in [-0.15, -0.1) is 13.2 Å². The van der Waals surface area contributed by atoms with Crippen molar-refractivity contribution < 1.29 is 37.1 Å². The molecule has 1 saturated heterocycles. The van der Waals surface area contributed by atoms with Crippen LogP contribution >= 0.6 is 0 Å². The van der Waals surface area contributed by atoms with E-state index in [-0.39, 0.29) is 48.4 Å². The lowest BCUT2D eigenvalue weighted by Gasteiger charge is -2.46. The van der Waals surface area contributed by atoms with E-state index in [1.165, 1.54) is 6.08 Å². The number of amidine groups is 1. The van der Waals surface area contributed by atoms with Gasteiger partial charge in [-0.05, 0) is 50.8 Å². The minimum Gasteiger partial charge on any atom is -0.466 e. The molecule has 0 unspecified atom stereocenters. The Balaban J connectivity index is 1.39. The standard InChI is InChI=1S/C23H31F3N4O5/c1-3-33-22(32)16-6-8-18(9-7-16)30-13-17(14-30)28-20(31)12-27-21-15(2)11-19(35-23(24,25)26)5-4-10-34-29-21/h4-5,11,16-18H,2-3,6-10,12-14H2,1H3,(H,27,29)(H,28,31)/b5-4-,19-11+. The van der Waals surface area contributed by atoms with Crippen LogP contribution in [0.15, 0.2) is 41.3 Å². The highest BCUT2D eigenvalue weighted by atomic mass is 19.4. The van der Waals surface area contributed by atoms with E-state index in [0.717, 1.165) is 50.9 Å². The summed E-state index contributed by atoms with van der Waals surface area (Å²) in [5, 5.41) is 9.47. The molecule has 3 rings (SSSR count). The zero-order chi connectivity index (χ0) is 25.4. The fourth-order valence-corrected chi connectivity index (χ4v) is 4.28. The first-order valence-corrected chi connectivity index (χ1v) is 11.6. The number of nitrogens with zero attached hydrogens (tertiary/aromatic N) is 2. The third-order valence-corrected chi connectivity index (χ3v) is 5.99. The summed E-state index contributed by atoms with van der Waals surface area (Å²) in [5.74, 6) is -0.862. The van der Waals surface area contributed by atoms with Crippen molar-refractivity contribution in [3.05, 3.63) is 36.1 Å². The number of amides is 1. The number of carbonyl (C=O) groups is 2. The molecule has 2 fully saturated rings. The fourth-order valence-electron chi connectivity index (χ4n) is 4.28. The van der Waals surface area contributed by atoms with E-state index in [0.29, 0.717) is 12.6 Å². The van der Waals surface area contributed by atoms with Gasteiger partial charge < -0.3 is 24.9 Å². The summed E-state index contributed by atoms with van der Waals surface area (Å²) >= 11 is 0. The Labute approximate surface area is 202 Å². The summed E-state index contributed by atoms with van der Waals surface area (Å²) in [4.78, 5) is 31.6. The second-order valence-corrected chi connectivity index (χ2v) is 8.59. The Kier molecular flexibility index (Phi) is 9.19. The second kappa shape index (κ2) is 12.1. The van der Waals surface area contributed by atoms with Gasteiger partial charge in [0.25, 0.3) is 0 Å². The van der Waals surface area contributed by atoms with E-state index in [2.05, 4.69) is 32.0 Å². The van der Waals surface area contributed by atoms with Gasteiger partial charge in [-0.2, -0.15) is 0 Å². The number of rotatable bonds is 7. The number of ether oxygens (including phenoxy) is 2. The predicted molar refractivity (Wildman–Crippen MR) is 121 cm³/mol. The molecule has 1 saturated carbocycles. The number of nitrogens with one attached hydrogen (secondary N) is 2. The number of halogens is 3. The molecule has 0 aromatic rings. The number of hydrogen-bond donors (Lipinski definition) is 2. The lowest BCUT2D eigenvalue weighted by atomic mass is 9.84. The average Bonchev–Trinajstić information content (AvgIpc) is 2.84. The Bertz CT molecular complexity index is 873. The molecular formula is C23H31F3N4O5. The highest BCUT2D eigenvalue weighted by Crippen LogP contribution is 2.30. The Morgan fingerprint density at radius 1 is 1.26 bits per heavy atom. The minimum absolute atomic E-state index is 0.00453. The molecule has 0 radical (unpaired) electrons. The summed E-state index contributed by atoms with van der Waals surface area (Å²) in [6.07, 6.45) is 2.11. The Hall–Kier alpha value is -3.02. The fraction of sp³-hybridized carbons (Fsp3) is 0.609. The van der Waals surface area contributed by atoms with Crippen molar-refractivity contribution in [2.75, 3.05) is 32.8 Å². The van der Waals surface area contributed by atoms with Crippen molar-refractivity contribution in [2.45, 2.75) is 51.1 Å². The quantitative estimate of drug-likeness (QED) is 0.518. The summed E-state index contributed by atoms with van der Waals surface area (Å²) in [6.45, 7) is 7.10. The maximum atomic E-state index is 12.6. The second-order valence-electron chi connectivity index (χ2n) is 8.59. The smallest absolute Gasteiger partial charge is 0.466 e. The van der Waals surface area contributed by atoms with Crippen molar-refractivity contribution in [1.29, 1.82) is 0 Å². The largest absolute Gasteiger partial charge is 0.573 e. The van der Waals surface area contributed by atoms with Crippen molar-refractivity contribution in [2.24, 2.45) is 11.1 Å². The monoisotopic (exact) mass is 500 g/mol. The van der Waals surface area contributed by atoms with E-state index in [9.17, 15) is 22.8 Å². The van der Waals surface area contributed by atoms with Crippen molar-refractivity contribution in [3.8, 4) is 0 Å². The maximum Gasteiger partial charge on any atom is 0.573 e. The van der Waals surface area contributed by atoms with Gasteiger partial charge in [-0.25, -0.2) is 0 Å². The lowest BCUT2D eigenvalue weighted by Crippen LogP contribution is -2.63. The first kappa shape index (κ1) is 26.6. The summed E-state index contributed by atoms with van der Waals surface area (Å²) in [5.41, 5.74) is 0.0665. The first-order chi connectivity index (χ1) is 16.6. The molecule has 3 aliphatic rings. The molecule has 9 nitrogen and oxygen atoms in total. The van der Waals surface area contributed by atoms with Crippen molar-refractivity contribution in [1.82, 2.24) is 15.5 Å². The number of oxime groups is 1. The van der Waals surface area contributed by atoms with Gasteiger partial charge in [0, 0.05) is 24.7 Å².